The number of azo groups is 2. The van der Waals surface area contributed by atoms with E-state index in [0.717, 1.165) is 28.3 Å². The molecule has 0 amide bonds. The van der Waals surface area contributed by atoms with Crippen molar-refractivity contribution in [2.75, 3.05) is 21.3 Å². The molecule has 8 rings (SSSR count). The average molecular weight is 991 g/mol. The van der Waals surface area contributed by atoms with E-state index in [1.807, 2.05) is 121 Å². The summed E-state index contributed by atoms with van der Waals surface area (Å²) in [4.78, 5) is 31.6. The van der Waals surface area contributed by atoms with Crippen LogP contribution in [0.3, 0.4) is 0 Å². The summed E-state index contributed by atoms with van der Waals surface area (Å²) < 4.78 is 0. The van der Waals surface area contributed by atoms with Crippen molar-refractivity contribution in [3.8, 4) is 35.4 Å². The van der Waals surface area contributed by atoms with E-state index in [-0.39, 0.29) is 62.9 Å². The van der Waals surface area contributed by atoms with Crippen LogP contribution in [0.25, 0.3) is 11.1 Å². The van der Waals surface area contributed by atoms with E-state index in [1.165, 1.54) is 31.2 Å². The van der Waals surface area contributed by atoms with Crippen molar-refractivity contribution in [1.29, 1.82) is 21.0 Å². The van der Waals surface area contributed by atoms with Crippen LogP contribution in [0.4, 0.5) is 57.4 Å². The molecule has 5 aromatic carbocycles. The van der Waals surface area contributed by atoms with Crippen molar-refractivity contribution < 1.29 is 9.85 Å². The maximum atomic E-state index is 11.7. The van der Waals surface area contributed by atoms with Gasteiger partial charge in [0, 0.05) is 59.6 Å². The van der Waals surface area contributed by atoms with Crippen molar-refractivity contribution in [3.63, 3.8) is 0 Å². The van der Waals surface area contributed by atoms with Crippen LogP contribution in [0.1, 0.15) is 52.3 Å². The molecule has 1 aliphatic rings. The van der Waals surface area contributed by atoms with Gasteiger partial charge in [-0.3, -0.25) is 20.2 Å². The van der Waals surface area contributed by atoms with Crippen molar-refractivity contribution >= 4 is 57.4 Å². The van der Waals surface area contributed by atoms with Crippen LogP contribution in [0, 0.1) is 79.4 Å². The van der Waals surface area contributed by atoms with Gasteiger partial charge in [0.1, 0.15) is 41.1 Å². The van der Waals surface area contributed by atoms with Gasteiger partial charge in [0.25, 0.3) is 5.69 Å². The lowest BCUT2D eigenvalue weighted by Crippen LogP contribution is -2.34. The first-order chi connectivity index (χ1) is 36.3. The zero-order valence-electron chi connectivity index (χ0n) is 40.4. The van der Waals surface area contributed by atoms with Gasteiger partial charge >= 0.3 is 0 Å². The van der Waals surface area contributed by atoms with E-state index in [4.69, 9.17) is 9.97 Å². The summed E-state index contributed by atoms with van der Waals surface area (Å²) in [6.07, 6.45) is 2.65. The molecule has 366 valence electrons. The third-order valence-corrected chi connectivity index (χ3v) is 12.1. The minimum atomic E-state index is -1.45. The van der Waals surface area contributed by atoms with Crippen LogP contribution in [0.15, 0.2) is 171 Å². The van der Waals surface area contributed by atoms with E-state index in [9.17, 15) is 41.3 Å². The fourth-order valence-corrected chi connectivity index (χ4v) is 7.86. The zero-order chi connectivity index (χ0) is 53.1. The molecular weight excluding hydrogens is 949 g/mol. The number of hydrogen-bond donors (Lipinski definition) is 4. The van der Waals surface area contributed by atoms with Gasteiger partial charge in [-0.25, -0.2) is 9.97 Å². The Labute approximate surface area is 429 Å². The van der Waals surface area contributed by atoms with Crippen LogP contribution in [0.5, 0.6) is 0 Å². The third-order valence-electron chi connectivity index (χ3n) is 12.1. The molecule has 0 bridgehead atoms. The number of nitro groups is 2. The molecular formula is C55H42N16O4. The molecule has 1 unspecified atom stereocenters. The molecule has 0 aliphatic heterocycles. The molecule has 1 atom stereocenters. The number of non-ortho nitro benzene ring substituents is 1. The number of nitrogens with one attached hydrogen (secondary N) is 4. The summed E-state index contributed by atoms with van der Waals surface area (Å²) in [7, 11) is 0. The van der Waals surface area contributed by atoms with Crippen LogP contribution in [0.2, 0.25) is 0 Å². The number of nitriles is 4. The fourth-order valence-electron chi connectivity index (χ4n) is 7.86. The standard InChI is InChI=1S/C55H42N16O4/c1-34-45(30-58)51(64-54(63-43-12-8-5-9-13-43)50(34)69-67-48-24-25-55(3,71(74)75)27-41(48)29-57)60-32-36-14-18-38(19-15-36)39-20-16-37(17-21-39)33-61-53-49(68-66-47-23-22-44(70(72)73)26-40(47)28-56)35(2)46(31-59)52(65-53)62-42-10-6-4-7-11-42/h4-26H,27,32-33H2,1-3H3,(H2,60,63,64)(H2,61,62,65). The molecule has 0 saturated carbocycles. The highest BCUT2D eigenvalue weighted by Gasteiger charge is 2.38. The number of nitro benzene ring substituents is 1. The van der Waals surface area contributed by atoms with Crippen LogP contribution < -0.4 is 21.3 Å². The molecule has 0 spiro atoms. The summed E-state index contributed by atoms with van der Waals surface area (Å²) in [5, 5.41) is 93.8. The Morgan fingerprint density at radius 3 is 1.67 bits per heavy atom. The van der Waals surface area contributed by atoms with Crippen LogP contribution in [-0.4, -0.2) is 25.4 Å². The number of anilines is 6. The van der Waals surface area contributed by atoms with Gasteiger partial charge in [0.2, 0.25) is 5.54 Å². The van der Waals surface area contributed by atoms with E-state index in [2.05, 4.69) is 53.9 Å². The average Bonchev–Trinajstić information content (AvgIpc) is 3.42. The van der Waals surface area contributed by atoms with Crippen molar-refractivity contribution in [2.45, 2.75) is 45.8 Å². The van der Waals surface area contributed by atoms with Gasteiger partial charge in [-0.05, 0) is 78.6 Å². The predicted molar refractivity (Wildman–Crippen MR) is 282 cm³/mol. The summed E-state index contributed by atoms with van der Waals surface area (Å²) >= 11 is 0. The van der Waals surface area contributed by atoms with Gasteiger partial charge in [0.05, 0.1) is 45.4 Å². The number of para-hydroxylation sites is 2. The first-order valence-electron chi connectivity index (χ1n) is 23.0. The van der Waals surface area contributed by atoms with E-state index in [1.54, 1.807) is 13.8 Å². The van der Waals surface area contributed by atoms with Gasteiger partial charge in [-0.1, -0.05) is 84.9 Å². The molecule has 0 fully saturated rings. The molecule has 20 heteroatoms. The van der Waals surface area contributed by atoms with E-state index in [0.29, 0.717) is 53.0 Å². The number of rotatable bonds is 17. The van der Waals surface area contributed by atoms with Gasteiger partial charge in [-0.2, -0.15) is 21.0 Å². The molecule has 2 heterocycles. The van der Waals surface area contributed by atoms with Crippen molar-refractivity contribution in [3.05, 3.63) is 210 Å². The lowest BCUT2D eigenvalue weighted by molar-refractivity contribution is -0.549. The third kappa shape index (κ3) is 11.5. The van der Waals surface area contributed by atoms with Crippen LogP contribution >= 0.6 is 0 Å². The highest BCUT2D eigenvalue weighted by molar-refractivity contribution is 5.79. The number of aromatic nitrogens is 2. The summed E-state index contributed by atoms with van der Waals surface area (Å²) in [6.45, 7) is 5.48. The summed E-state index contributed by atoms with van der Waals surface area (Å²) in [5.74, 6) is 1.18. The second kappa shape index (κ2) is 22.4. The molecule has 75 heavy (non-hydrogen) atoms. The van der Waals surface area contributed by atoms with Gasteiger partial charge in [0.15, 0.2) is 17.5 Å². The predicted octanol–water partition coefficient (Wildman–Crippen LogP) is 13.3. The largest absolute Gasteiger partial charge is 0.365 e. The number of pyridine rings is 2. The van der Waals surface area contributed by atoms with Crippen molar-refractivity contribution in [2.24, 2.45) is 20.5 Å². The minimum absolute atomic E-state index is 0.0448. The summed E-state index contributed by atoms with van der Waals surface area (Å²) in [6, 6.07) is 46.4. The minimum Gasteiger partial charge on any atom is -0.365 e. The topological polar surface area (TPSA) is 305 Å². The van der Waals surface area contributed by atoms with Gasteiger partial charge < -0.3 is 21.3 Å². The van der Waals surface area contributed by atoms with Crippen LogP contribution in [-0.2, 0) is 13.1 Å². The molecule has 2 aromatic heterocycles. The normalized spacial score (nSPS) is 13.9. The number of benzene rings is 5. The van der Waals surface area contributed by atoms with E-state index < -0.39 is 15.4 Å². The fraction of sp³-hybridized carbons (Fsp3) is 0.127. The Kier molecular flexibility index (Phi) is 15.1. The second-order valence-electron chi connectivity index (χ2n) is 17.2. The molecule has 0 saturated heterocycles. The summed E-state index contributed by atoms with van der Waals surface area (Å²) in [5.41, 5.74) is 5.61. The van der Waals surface area contributed by atoms with E-state index >= 15 is 0 Å². The first-order valence-corrected chi connectivity index (χ1v) is 23.0. The lowest BCUT2D eigenvalue weighted by atomic mass is 9.88. The number of nitrogens with zero attached hydrogens (tertiary/aromatic N) is 12. The second-order valence-corrected chi connectivity index (χ2v) is 17.2. The molecule has 0 radical (unpaired) electrons. The maximum absolute atomic E-state index is 11.7. The lowest BCUT2D eigenvalue weighted by Gasteiger charge is -2.20. The maximum Gasteiger partial charge on any atom is 0.270 e. The SMILES string of the molecule is Cc1c(C#N)c(Nc2ccccc2)nc(NCc2ccc(-c3ccc(CNc4nc(Nc5ccccc5)c(N=NC5=C(C#N)CC(C)([N+](=O)[O-])C=C5)c(C)c4C#N)cc3)cc2)c1N=Nc1ccc([N+](=O)[O-])cc1C#N. The Morgan fingerprint density at radius 1 is 0.613 bits per heavy atom. The molecule has 1 aliphatic carbocycles. The molecule has 20 nitrogen and oxygen atoms in total. The molecule has 7 aromatic rings. The Morgan fingerprint density at radius 2 is 1.13 bits per heavy atom. The quantitative estimate of drug-likeness (QED) is 0.0375. The smallest absolute Gasteiger partial charge is 0.270 e. The number of hydrogen-bond acceptors (Lipinski definition) is 18. The first kappa shape index (κ1) is 50.4. The van der Waals surface area contributed by atoms with Crippen molar-refractivity contribution in [1.82, 2.24) is 9.97 Å². The zero-order valence-corrected chi connectivity index (χ0v) is 40.4. The Balaban J connectivity index is 0.998. The highest BCUT2D eigenvalue weighted by Crippen LogP contribution is 2.39. The Bertz CT molecular complexity index is 3660. The number of allylic oxidation sites excluding steroid dienone is 1. The van der Waals surface area contributed by atoms with Gasteiger partial charge in [-0.15, -0.1) is 20.5 Å². The Hall–Kier alpha value is -11.0. The monoisotopic (exact) mass is 990 g/mol. The highest BCUT2D eigenvalue weighted by atomic mass is 16.6. The molecule has 4 N–H and O–H groups in total.